The minimum atomic E-state index is -0.0230. The minimum absolute atomic E-state index is 0.0230. The molecule has 3 aromatic rings. The van der Waals surface area contributed by atoms with Crippen LogP contribution in [0.4, 0.5) is 0 Å². The topological polar surface area (TPSA) is 46.1 Å². The Bertz CT molecular complexity index is 1010. The summed E-state index contributed by atoms with van der Waals surface area (Å²) in [7, 11) is 0. The van der Waals surface area contributed by atoms with E-state index in [1.165, 1.54) is 25.0 Å². The fourth-order valence-electron chi connectivity index (χ4n) is 3.54. The van der Waals surface area contributed by atoms with Gasteiger partial charge < -0.3 is 4.90 Å². The van der Waals surface area contributed by atoms with Crippen LogP contribution in [0.1, 0.15) is 27.7 Å². The number of aryl methyl sites for hydroxylation is 1. The van der Waals surface area contributed by atoms with Crippen LogP contribution >= 0.6 is 33.9 Å². The summed E-state index contributed by atoms with van der Waals surface area (Å²) >= 11 is 4.12. The van der Waals surface area contributed by atoms with Crippen LogP contribution in [0.2, 0.25) is 0 Å². The van der Waals surface area contributed by atoms with Crippen molar-refractivity contribution in [1.29, 1.82) is 0 Å². The molecule has 2 aromatic heterocycles. The van der Waals surface area contributed by atoms with Gasteiger partial charge in [0.1, 0.15) is 5.82 Å². The molecule has 27 heavy (non-hydrogen) atoms. The number of amides is 1. The second-order valence-electron chi connectivity index (χ2n) is 6.51. The third kappa shape index (κ3) is 3.55. The van der Waals surface area contributed by atoms with Crippen molar-refractivity contribution < 1.29 is 4.79 Å². The van der Waals surface area contributed by atoms with Gasteiger partial charge in [0.15, 0.2) is 0 Å². The Morgan fingerprint density at radius 2 is 2.04 bits per heavy atom. The molecule has 1 aliphatic rings. The van der Waals surface area contributed by atoms with Gasteiger partial charge in [-0.2, -0.15) is 0 Å². The molecule has 4 rings (SSSR count). The number of halogens is 1. The lowest BCUT2D eigenvalue weighted by Crippen LogP contribution is -2.37. The summed E-state index contributed by atoms with van der Waals surface area (Å²) < 4.78 is 1.24. The number of thiophene rings is 1. The number of aromatic nitrogens is 2. The standard InChI is InChI=1S/C21H18IN3OS/c1-3-21(26)25-11-18(17-8-20(22)27-19(17)12-25)16-7-5-4-6-15(16)14-9-23-13(2)24-10-14/h3-10,18H,1,11-12H2,2H3/t18-/m1/s1. The third-order valence-corrected chi connectivity index (χ3v) is 6.74. The Balaban J connectivity index is 1.83. The number of benzene rings is 1. The minimum Gasteiger partial charge on any atom is -0.333 e. The third-order valence-electron chi connectivity index (χ3n) is 4.84. The second kappa shape index (κ2) is 7.52. The van der Waals surface area contributed by atoms with Crippen LogP contribution in [0.15, 0.2) is 55.4 Å². The first-order valence-corrected chi connectivity index (χ1v) is 10.5. The summed E-state index contributed by atoms with van der Waals surface area (Å²) in [6.07, 6.45) is 5.14. The van der Waals surface area contributed by atoms with E-state index in [1.54, 1.807) is 11.3 Å². The lowest BCUT2D eigenvalue weighted by Gasteiger charge is -2.33. The van der Waals surface area contributed by atoms with Gasteiger partial charge >= 0.3 is 0 Å². The van der Waals surface area contributed by atoms with Gasteiger partial charge in [-0.05, 0) is 58.3 Å². The van der Waals surface area contributed by atoms with E-state index in [4.69, 9.17) is 0 Å². The van der Waals surface area contributed by atoms with Gasteiger partial charge in [-0.3, -0.25) is 4.79 Å². The molecule has 3 heterocycles. The first-order valence-electron chi connectivity index (χ1n) is 8.64. The highest BCUT2D eigenvalue weighted by atomic mass is 127. The number of hydrogen-bond acceptors (Lipinski definition) is 4. The van der Waals surface area contributed by atoms with Crippen LogP contribution in [-0.2, 0) is 11.3 Å². The van der Waals surface area contributed by atoms with E-state index in [2.05, 4.69) is 63.4 Å². The van der Waals surface area contributed by atoms with Gasteiger partial charge in [-0.15, -0.1) is 11.3 Å². The summed E-state index contributed by atoms with van der Waals surface area (Å²) in [6.45, 7) is 6.85. The van der Waals surface area contributed by atoms with Crippen LogP contribution in [-0.4, -0.2) is 27.3 Å². The SMILES string of the molecule is C=CC(=O)N1Cc2sc(I)cc2[C@@H](c2ccccc2-c2cnc(C)nc2)C1. The van der Waals surface area contributed by atoms with Crippen molar-refractivity contribution in [3.63, 3.8) is 0 Å². The first-order chi connectivity index (χ1) is 13.1. The maximum atomic E-state index is 12.3. The lowest BCUT2D eigenvalue weighted by molar-refractivity contribution is -0.127. The predicted octanol–water partition coefficient (Wildman–Crippen LogP) is 4.78. The van der Waals surface area contributed by atoms with Crippen LogP contribution in [0.25, 0.3) is 11.1 Å². The molecule has 1 aliphatic heterocycles. The second-order valence-corrected chi connectivity index (χ2v) is 9.54. The highest BCUT2D eigenvalue weighted by Crippen LogP contribution is 2.41. The molecule has 0 N–H and O–H groups in total. The van der Waals surface area contributed by atoms with Gasteiger partial charge in [-0.25, -0.2) is 9.97 Å². The Kier molecular flexibility index (Phi) is 5.10. The number of carbonyl (C=O) groups is 1. The van der Waals surface area contributed by atoms with E-state index in [0.717, 1.165) is 17.0 Å². The molecule has 1 aromatic carbocycles. The quantitative estimate of drug-likeness (QED) is 0.395. The normalized spacial score (nSPS) is 16.1. The van der Waals surface area contributed by atoms with Gasteiger partial charge in [0, 0.05) is 35.3 Å². The number of hydrogen-bond donors (Lipinski definition) is 0. The maximum Gasteiger partial charge on any atom is 0.246 e. The Hall–Kier alpha value is -2.06. The van der Waals surface area contributed by atoms with Gasteiger partial charge in [0.25, 0.3) is 0 Å². The molecule has 6 heteroatoms. The Labute approximate surface area is 176 Å². The Morgan fingerprint density at radius 1 is 1.30 bits per heavy atom. The van der Waals surface area contributed by atoms with Gasteiger partial charge in [-0.1, -0.05) is 30.8 Å². The van der Waals surface area contributed by atoms with E-state index in [9.17, 15) is 4.79 Å². The molecule has 0 saturated carbocycles. The zero-order valence-corrected chi connectivity index (χ0v) is 17.8. The summed E-state index contributed by atoms with van der Waals surface area (Å²) in [5.74, 6) is 0.853. The molecule has 0 fully saturated rings. The summed E-state index contributed by atoms with van der Waals surface area (Å²) in [6, 6.07) is 10.6. The van der Waals surface area contributed by atoms with Crippen molar-refractivity contribution in [2.45, 2.75) is 19.4 Å². The summed E-state index contributed by atoms with van der Waals surface area (Å²) in [5, 5.41) is 0. The lowest BCUT2D eigenvalue weighted by atomic mass is 9.84. The first kappa shape index (κ1) is 18.3. The number of rotatable bonds is 3. The van der Waals surface area contributed by atoms with Crippen molar-refractivity contribution in [2.24, 2.45) is 0 Å². The van der Waals surface area contributed by atoms with Crippen molar-refractivity contribution >= 4 is 39.8 Å². The number of nitrogens with zero attached hydrogens (tertiary/aromatic N) is 3. The number of fused-ring (bicyclic) bond motifs is 1. The van der Waals surface area contributed by atoms with Crippen LogP contribution in [0, 0.1) is 9.81 Å². The monoisotopic (exact) mass is 487 g/mol. The predicted molar refractivity (Wildman–Crippen MR) is 117 cm³/mol. The number of carbonyl (C=O) groups excluding carboxylic acids is 1. The van der Waals surface area contributed by atoms with E-state index in [0.29, 0.717) is 13.1 Å². The van der Waals surface area contributed by atoms with E-state index >= 15 is 0 Å². The highest BCUT2D eigenvalue weighted by molar-refractivity contribution is 14.1. The van der Waals surface area contributed by atoms with Crippen LogP contribution in [0.5, 0.6) is 0 Å². The molecule has 0 unspecified atom stereocenters. The average Bonchev–Trinajstić information content (AvgIpc) is 3.07. The summed E-state index contributed by atoms with van der Waals surface area (Å²) in [4.78, 5) is 24.2. The Morgan fingerprint density at radius 3 is 2.78 bits per heavy atom. The van der Waals surface area contributed by atoms with Crippen molar-refractivity contribution in [3.05, 3.63) is 80.1 Å². The van der Waals surface area contributed by atoms with Crippen LogP contribution in [0.3, 0.4) is 0 Å². The molecule has 1 amide bonds. The molecule has 4 nitrogen and oxygen atoms in total. The fourth-order valence-corrected chi connectivity index (χ4v) is 5.64. The van der Waals surface area contributed by atoms with Crippen LogP contribution < -0.4 is 0 Å². The van der Waals surface area contributed by atoms with Crippen molar-refractivity contribution in [2.75, 3.05) is 6.54 Å². The maximum absolute atomic E-state index is 12.3. The van der Waals surface area contributed by atoms with Crippen molar-refractivity contribution in [3.8, 4) is 11.1 Å². The molecule has 1 atom stereocenters. The van der Waals surface area contributed by atoms with E-state index in [1.807, 2.05) is 30.3 Å². The highest BCUT2D eigenvalue weighted by Gasteiger charge is 2.31. The van der Waals surface area contributed by atoms with E-state index in [-0.39, 0.29) is 11.8 Å². The fraction of sp³-hybridized carbons (Fsp3) is 0.190. The largest absolute Gasteiger partial charge is 0.333 e. The van der Waals surface area contributed by atoms with Gasteiger partial charge in [0.05, 0.1) is 9.43 Å². The molecule has 0 saturated heterocycles. The molecular weight excluding hydrogens is 469 g/mol. The zero-order chi connectivity index (χ0) is 19.0. The molecule has 0 aliphatic carbocycles. The smallest absolute Gasteiger partial charge is 0.246 e. The van der Waals surface area contributed by atoms with Crippen molar-refractivity contribution in [1.82, 2.24) is 14.9 Å². The van der Waals surface area contributed by atoms with E-state index < -0.39 is 0 Å². The molecule has 136 valence electrons. The zero-order valence-electron chi connectivity index (χ0n) is 14.9. The average molecular weight is 487 g/mol. The molecule has 0 spiro atoms. The summed E-state index contributed by atoms with van der Waals surface area (Å²) in [5.41, 5.74) is 4.62. The van der Waals surface area contributed by atoms with Gasteiger partial charge in [0.2, 0.25) is 5.91 Å². The molecular formula is C21H18IN3OS. The molecule has 0 radical (unpaired) electrons. The molecule has 0 bridgehead atoms.